The molecule has 4 aromatic rings. The van der Waals surface area contributed by atoms with Crippen LogP contribution in [0.3, 0.4) is 0 Å². The minimum Gasteiger partial charge on any atom is -0.450 e. The maximum Gasteiger partial charge on any atom is 0.196 e. The highest BCUT2D eigenvalue weighted by Gasteiger charge is 2.15. The summed E-state index contributed by atoms with van der Waals surface area (Å²) in [4.78, 5) is 11.3. The average molecular weight is 374 g/mol. The number of anilines is 1. The second-order valence-corrected chi connectivity index (χ2v) is 7.01. The molecule has 0 bridgehead atoms. The first-order valence-corrected chi connectivity index (χ1v) is 9.61. The number of rotatable bonds is 5. The normalized spacial score (nSPS) is 15.3. The van der Waals surface area contributed by atoms with E-state index in [2.05, 4.69) is 44.5 Å². The molecule has 5 rings (SSSR count). The molecule has 0 amide bonds. The van der Waals surface area contributed by atoms with Crippen LogP contribution in [0.1, 0.15) is 11.1 Å². The zero-order valence-corrected chi connectivity index (χ0v) is 15.6. The molecule has 1 aliphatic heterocycles. The van der Waals surface area contributed by atoms with Crippen LogP contribution in [0, 0.1) is 0 Å². The number of para-hydroxylation sites is 1. The summed E-state index contributed by atoms with van der Waals surface area (Å²) in [5.74, 6) is 0.724. The molecule has 1 aliphatic rings. The number of fused-ring (bicyclic) bond motifs is 3. The van der Waals surface area contributed by atoms with Gasteiger partial charge in [-0.15, -0.1) is 0 Å². The van der Waals surface area contributed by atoms with Crippen LogP contribution < -0.4 is 5.32 Å². The molecule has 0 spiro atoms. The Hall–Kier alpha value is -2.96. The van der Waals surface area contributed by atoms with Crippen molar-refractivity contribution in [2.45, 2.75) is 13.1 Å². The highest BCUT2D eigenvalue weighted by Crippen LogP contribution is 2.30. The molecule has 1 N–H and O–H groups in total. The van der Waals surface area contributed by atoms with Gasteiger partial charge in [0.1, 0.15) is 17.4 Å². The Morgan fingerprint density at radius 1 is 0.929 bits per heavy atom. The van der Waals surface area contributed by atoms with Gasteiger partial charge in [-0.25, -0.2) is 9.97 Å². The molecule has 0 atom stereocenters. The molecule has 2 aromatic carbocycles. The Balaban J connectivity index is 1.39. The van der Waals surface area contributed by atoms with E-state index in [0.29, 0.717) is 12.1 Å². The molecular weight excluding hydrogens is 352 g/mol. The van der Waals surface area contributed by atoms with Crippen LogP contribution in [0.25, 0.3) is 22.1 Å². The lowest BCUT2D eigenvalue weighted by Crippen LogP contribution is -2.35. The fraction of sp³-hybridized carbons (Fsp3) is 0.273. The molecule has 2 aromatic heterocycles. The molecule has 0 unspecified atom stereocenters. The van der Waals surface area contributed by atoms with Crippen LogP contribution in [-0.2, 0) is 17.8 Å². The molecule has 28 heavy (non-hydrogen) atoms. The first-order chi connectivity index (χ1) is 13.9. The van der Waals surface area contributed by atoms with Crippen LogP contribution >= 0.6 is 0 Å². The molecule has 3 heterocycles. The largest absolute Gasteiger partial charge is 0.450 e. The number of hydrogen-bond acceptors (Lipinski definition) is 6. The van der Waals surface area contributed by atoms with E-state index in [1.165, 1.54) is 11.1 Å². The van der Waals surface area contributed by atoms with Gasteiger partial charge in [0.15, 0.2) is 11.4 Å². The number of nitrogens with zero attached hydrogens (tertiary/aromatic N) is 3. The highest BCUT2D eigenvalue weighted by molar-refractivity contribution is 6.05. The number of hydrogen-bond donors (Lipinski definition) is 1. The molecule has 142 valence electrons. The highest BCUT2D eigenvalue weighted by atomic mass is 16.5. The number of nitrogens with one attached hydrogen (secondary N) is 1. The van der Waals surface area contributed by atoms with Gasteiger partial charge in [0, 0.05) is 31.6 Å². The molecule has 6 nitrogen and oxygen atoms in total. The summed E-state index contributed by atoms with van der Waals surface area (Å²) in [6.45, 7) is 5.20. The van der Waals surface area contributed by atoms with Gasteiger partial charge < -0.3 is 14.5 Å². The predicted octanol–water partition coefficient (Wildman–Crippen LogP) is 3.82. The van der Waals surface area contributed by atoms with Crippen molar-refractivity contribution in [3.63, 3.8) is 0 Å². The van der Waals surface area contributed by atoms with Gasteiger partial charge in [0.2, 0.25) is 0 Å². The van der Waals surface area contributed by atoms with Crippen LogP contribution in [0.2, 0.25) is 0 Å². The van der Waals surface area contributed by atoms with Crippen LogP contribution in [0.15, 0.2) is 59.3 Å². The van der Waals surface area contributed by atoms with Gasteiger partial charge in [-0.1, -0.05) is 36.4 Å². The molecule has 6 heteroatoms. The first-order valence-electron chi connectivity index (χ1n) is 9.61. The third kappa shape index (κ3) is 3.32. The fourth-order valence-corrected chi connectivity index (χ4v) is 3.71. The Morgan fingerprint density at radius 2 is 1.71 bits per heavy atom. The number of morpholine rings is 1. The van der Waals surface area contributed by atoms with E-state index in [1.54, 1.807) is 6.33 Å². The van der Waals surface area contributed by atoms with Gasteiger partial charge in [0.05, 0.1) is 13.2 Å². The van der Waals surface area contributed by atoms with E-state index in [4.69, 9.17) is 9.15 Å². The Bertz CT molecular complexity index is 1100. The summed E-state index contributed by atoms with van der Waals surface area (Å²) in [7, 11) is 0. The predicted molar refractivity (Wildman–Crippen MR) is 109 cm³/mol. The van der Waals surface area contributed by atoms with Gasteiger partial charge in [-0.05, 0) is 23.3 Å². The van der Waals surface area contributed by atoms with Gasteiger partial charge >= 0.3 is 0 Å². The minimum atomic E-state index is 0.684. The summed E-state index contributed by atoms with van der Waals surface area (Å²) in [5, 5.41) is 4.46. The van der Waals surface area contributed by atoms with E-state index in [9.17, 15) is 0 Å². The Kier molecular flexibility index (Phi) is 4.64. The lowest BCUT2D eigenvalue weighted by molar-refractivity contribution is 0.0341. The summed E-state index contributed by atoms with van der Waals surface area (Å²) in [6, 6.07) is 16.5. The van der Waals surface area contributed by atoms with Crippen LogP contribution in [0.4, 0.5) is 5.82 Å². The molecule has 1 saturated heterocycles. The quantitative estimate of drug-likeness (QED) is 0.573. The lowest BCUT2D eigenvalue weighted by atomic mass is 10.1. The molecular formula is C22H22N4O2. The van der Waals surface area contributed by atoms with Crippen molar-refractivity contribution in [1.29, 1.82) is 0 Å². The summed E-state index contributed by atoms with van der Waals surface area (Å²) in [5.41, 5.74) is 4.96. The molecule has 0 radical (unpaired) electrons. The van der Waals surface area contributed by atoms with Crippen molar-refractivity contribution in [1.82, 2.24) is 14.9 Å². The number of ether oxygens (including phenoxy) is 1. The van der Waals surface area contributed by atoms with Crippen LogP contribution in [-0.4, -0.2) is 41.2 Å². The van der Waals surface area contributed by atoms with Gasteiger partial charge in [0.25, 0.3) is 0 Å². The van der Waals surface area contributed by atoms with E-state index in [-0.39, 0.29) is 0 Å². The fourth-order valence-electron chi connectivity index (χ4n) is 3.71. The topological polar surface area (TPSA) is 63.4 Å². The minimum absolute atomic E-state index is 0.684. The maximum atomic E-state index is 6.01. The molecule has 1 fully saturated rings. The van der Waals surface area contributed by atoms with Crippen molar-refractivity contribution in [3.8, 4) is 0 Å². The molecule has 0 saturated carbocycles. The second-order valence-electron chi connectivity index (χ2n) is 7.01. The van der Waals surface area contributed by atoms with Crippen molar-refractivity contribution < 1.29 is 9.15 Å². The maximum absolute atomic E-state index is 6.01. The monoisotopic (exact) mass is 374 g/mol. The van der Waals surface area contributed by atoms with E-state index in [0.717, 1.165) is 55.2 Å². The second kappa shape index (κ2) is 7.58. The van der Waals surface area contributed by atoms with Crippen molar-refractivity contribution in [2.75, 3.05) is 31.6 Å². The van der Waals surface area contributed by atoms with Crippen LogP contribution in [0.5, 0.6) is 0 Å². The van der Waals surface area contributed by atoms with E-state index >= 15 is 0 Å². The number of aromatic nitrogens is 2. The first kappa shape index (κ1) is 17.2. The van der Waals surface area contributed by atoms with E-state index < -0.39 is 0 Å². The number of benzene rings is 2. The smallest absolute Gasteiger partial charge is 0.196 e. The molecule has 0 aliphatic carbocycles. The van der Waals surface area contributed by atoms with Crippen molar-refractivity contribution in [2.24, 2.45) is 0 Å². The zero-order valence-electron chi connectivity index (χ0n) is 15.6. The Labute approximate surface area is 163 Å². The van der Waals surface area contributed by atoms with E-state index in [1.807, 2.05) is 24.3 Å². The van der Waals surface area contributed by atoms with Crippen molar-refractivity contribution >= 4 is 27.9 Å². The Morgan fingerprint density at radius 3 is 2.61 bits per heavy atom. The van der Waals surface area contributed by atoms with Crippen molar-refractivity contribution in [3.05, 3.63) is 66.0 Å². The number of furan rings is 1. The SMILES string of the molecule is c1ccc(CN2CCOCC2)c(CNc2ncnc3c2oc2ccccc23)c1. The average Bonchev–Trinajstić information content (AvgIpc) is 3.13. The van der Waals surface area contributed by atoms with Gasteiger partial charge in [-0.2, -0.15) is 0 Å². The zero-order chi connectivity index (χ0) is 18.8. The summed E-state index contributed by atoms with van der Waals surface area (Å²) >= 11 is 0. The summed E-state index contributed by atoms with van der Waals surface area (Å²) < 4.78 is 11.5. The lowest BCUT2D eigenvalue weighted by Gasteiger charge is -2.27. The standard InChI is InChI=1S/C22H22N4O2/c1-2-6-17(14-26-9-11-27-12-10-26)16(5-1)13-23-22-21-20(24-15-25-22)18-7-3-4-8-19(18)28-21/h1-8,15H,9-14H2,(H,23,24,25). The third-order valence-corrected chi connectivity index (χ3v) is 5.22. The summed E-state index contributed by atoms with van der Waals surface area (Å²) in [6.07, 6.45) is 1.59. The third-order valence-electron chi connectivity index (χ3n) is 5.22. The van der Waals surface area contributed by atoms with Gasteiger partial charge in [-0.3, -0.25) is 4.90 Å².